The van der Waals surface area contributed by atoms with E-state index in [-0.39, 0.29) is 12.5 Å². The van der Waals surface area contributed by atoms with Gasteiger partial charge >= 0.3 is 5.97 Å². The molecule has 2 heterocycles. The number of carboxylic acids is 1. The molecule has 1 atom stereocenters. The van der Waals surface area contributed by atoms with Crippen LogP contribution in [0.15, 0.2) is 29.8 Å². The van der Waals surface area contributed by atoms with Crippen molar-refractivity contribution in [3.8, 4) is 5.75 Å². The highest BCUT2D eigenvalue weighted by atomic mass is 16.5. The zero-order valence-corrected chi connectivity index (χ0v) is 10.9. The number of carbonyl (C=O) groups excluding carboxylic acids is 1. The molecule has 5 heteroatoms. The fourth-order valence-corrected chi connectivity index (χ4v) is 2.69. The van der Waals surface area contributed by atoms with Gasteiger partial charge in [-0.05, 0) is 25.0 Å². The SMILES string of the molecule is O=C(O)C1CCCN1C(=O)C1=Cc2ccccc2OC1. The molecule has 0 bridgehead atoms. The Labute approximate surface area is 116 Å². The van der Waals surface area contributed by atoms with Crippen molar-refractivity contribution in [1.29, 1.82) is 0 Å². The van der Waals surface area contributed by atoms with Crippen molar-refractivity contribution < 1.29 is 19.4 Å². The molecule has 5 nitrogen and oxygen atoms in total. The number of ether oxygens (including phenoxy) is 1. The fourth-order valence-electron chi connectivity index (χ4n) is 2.69. The van der Waals surface area contributed by atoms with Gasteiger partial charge in [-0.3, -0.25) is 4.79 Å². The zero-order chi connectivity index (χ0) is 14.1. The van der Waals surface area contributed by atoms with Crippen LogP contribution in [0, 0.1) is 0 Å². The van der Waals surface area contributed by atoms with Crippen molar-refractivity contribution in [3.63, 3.8) is 0 Å². The first-order valence-corrected chi connectivity index (χ1v) is 6.63. The average molecular weight is 273 g/mol. The van der Waals surface area contributed by atoms with E-state index in [2.05, 4.69) is 0 Å². The molecule has 1 aromatic carbocycles. The van der Waals surface area contributed by atoms with Crippen LogP contribution in [0.25, 0.3) is 6.08 Å². The molecule has 2 aliphatic rings. The van der Waals surface area contributed by atoms with Crippen LogP contribution in [0.3, 0.4) is 0 Å². The van der Waals surface area contributed by atoms with Crippen molar-refractivity contribution in [2.45, 2.75) is 18.9 Å². The summed E-state index contributed by atoms with van der Waals surface area (Å²) < 4.78 is 5.55. The molecule has 0 aliphatic carbocycles. The molecule has 0 aromatic heterocycles. The Kier molecular flexibility index (Phi) is 3.18. The van der Waals surface area contributed by atoms with Crippen LogP contribution in [-0.4, -0.2) is 41.1 Å². The fraction of sp³-hybridized carbons (Fsp3) is 0.333. The largest absolute Gasteiger partial charge is 0.488 e. The third kappa shape index (κ3) is 2.15. The summed E-state index contributed by atoms with van der Waals surface area (Å²) in [7, 11) is 0. The number of likely N-dealkylation sites (tertiary alicyclic amines) is 1. The Balaban J connectivity index is 1.85. The van der Waals surface area contributed by atoms with Crippen LogP contribution in [0.2, 0.25) is 0 Å². The lowest BCUT2D eigenvalue weighted by molar-refractivity contribution is -0.147. The molecule has 1 aromatic rings. The number of para-hydroxylation sites is 1. The number of fused-ring (bicyclic) bond motifs is 1. The smallest absolute Gasteiger partial charge is 0.326 e. The maximum absolute atomic E-state index is 12.4. The molecule has 104 valence electrons. The molecule has 3 rings (SSSR count). The molecular weight excluding hydrogens is 258 g/mol. The van der Waals surface area contributed by atoms with Crippen molar-refractivity contribution in [3.05, 3.63) is 35.4 Å². The van der Waals surface area contributed by atoms with Gasteiger partial charge in [-0.1, -0.05) is 18.2 Å². The first-order chi connectivity index (χ1) is 9.66. The molecule has 2 aliphatic heterocycles. The minimum Gasteiger partial charge on any atom is -0.488 e. The van der Waals surface area contributed by atoms with Gasteiger partial charge in [0.05, 0.1) is 5.57 Å². The predicted molar refractivity (Wildman–Crippen MR) is 72.3 cm³/mol. The molecule has 1 unspecified atom stereocenters. The summed E-state index contributed by atoms with van der Waals surface area (Å²) in [6.07, 6.45) is 3.04. The van der Waals surface area contributed by atoms with Gasteiger partial charge in [0, 0.05) is 12.1 Å². The Morgan fingerprint density at radius 1 is 1.30 bits per heavy atom. The number of amides is 1. The molecule has 1 saturated heterocycles. The van der Waals surface area contributed by atoms with Gasteiger partial charge in [-0.2, -0.15) is 0 Å². The lowest BCUT2D eigenvalue weighted by Crippen LogP contribution is -2.42. The van der Waals surface area contributed by atoms with Gasteiger partial charge in [0.1, 0.15) is 18.4 Å². The number of hydrogen-bond donors (Lipinski definition) is 1. The number of aliphatic carboxylic acids is 1. The summed E-state index contributed by atoms with van der Waals surface area (Å²) in [6.45, 7) is 0.688. The highest BCUT2D eigenvalue weighted by Gasteiger charge is 2.35. The zero-order valence-electron chi connectivity index (χ0n) is 10.9. The second-order valence-electron chi connectivity index (χ2n) is 4.99. The Hall–Kier alpha value is -2.30. The van der Waals surface area contributed by atoms with E-state index in [0.29, 0.717) is 18.5 Å². The van der Waals surface area contributed by atoms with E-state index in [1.165, 1.54) is 4.90 Å². The number of benzene rings is 1. The maximum atomic E-state index is 12.4. The minimum atomic E-state index is -0.937. The summed E-state index contributed by atoms with van der Waals surface area (Å²) in [5, 5.41) is 9.14. The molecular formula is C15H15NO4. The summed E-state index contributed by atoms with van der Waals surface area (Å²) in [6, 6.07) is 6.77. The van der Waals surface area contributed by atoms with Gasteiger partial charge in [0.25, 0.3) is 5.91 Å². The Bertz CT molecular complexity index is 593. The number of rotatable bonds is 2. The number of carbonyl (C=O) groups is 2. The van der Waals surface area contributed by atoms with Crippen molar-refractivity contribution in [1.82, 2.24) is 4.90 Å². The molecule has 0 radical (unpaired) electrons. The normalized spacial score (nSPS) is 20.9. The second-order valence-corrected chi connectivity index (χ2v) is 4.99. The Morgan fingerprint density at radius 2 is 2.10 bits per heavy atom. The van der Waals surface area contributed by atoms with E-state index in [0.717, 1.165) is 17.7 Å². The average Bonchev–Trinajstić information content (AvgIpc) is 2.95. The number of nitrogens with zero attached hydrogens (tertiary/aromatic N) is 1. The predicted octanol–water partition coefficient (Wildman–Crippen LogP) is 1.54. The van der Waals surface area contributed by atoms with E-state index < -0.39 is 12.0 Å². The van der Waals surface area contributed by atoms with Crippen LogP contribution >= 0.6 is 0 Å². The van der Waals surface area contributed by atoms with Crippen molar-refractivity contribution >= 4 is 18.0 Å². The van der Waals surface area contributed by atoms with E-state index in [1.54, 1.807) is 6.08 Å². The first kappa shape index (κ1) is 12.7. The van der Waals surface area contributed by atoms with Crippen LogP contribution in [0.5, 0.6) is 5.75 Å². The molecule has 20 heavy (non-hydrogen) atoms. The lowest BCUT2D eigenvalue weighted by atomic mass is 10.1. The van der Waals surface area contributed by atoms with Gasteiger partial charge in [-0.15, -0.1) is 0 Å². The van der Waals surface area contributed by atoms with Crippen molar-refractivity contribution in [2.24, 2.45) is 0 Å². The van der Waals surface area contributed by atoms with Crippen molar-refractivity contribution in [2.75, 3.05) is 13.2 Å². The summed E-state index contributed by atoms with van der Waals surface area (Å²) in [5.41, 5.74) is 1.37. The van der Waals surface area contributed by atoms with Gasteiger partial charge in [0.15, 0.2) is 0 Å². The van der Waals surface area contributed by atoms with Crippen LogP contribution in [0.4, 0.5) is 0 Å². The quantitative estimate of drug-likeness (QED) is 0.887. The van der Waals surface area contributed by atoms with Crippen LogP contribution < -0.4 is 4.74 Å². The standard InChI is InChI=1S/C15H15NO4/c17-14(16-7-3-5-12(16)15(18)19)11-8-10-4-1-2-6-13(10)20-9-11/h1-2,4,6,8,12H,3,5,7,9H2,(H,18,19). The topological polar surface area (TPSA) is 66.8 Å². The maximum Gasteiger partial charge on any atom is 0.326 e. The Morgan fingerprint density at radius 3 is 2.90 bits per heavy atom. The molecule has 1 fully saturated rings. The lowest BCUT2D eigenvalue weighted by Gasteiger charge is -2.25. The summed E-state index contributed by atoms with van der Waals surface area (Å²) >= 11 is 0. The van der Waals surface area contributed by atoms with E-state index in [9.17, 15) is 9.59 Å². The number of hydrogen-bond acceptors (Lipinski definition) is 3. The van der Waals surface area contributed by atoms with Crippen LogP contribution in [0.1, 0.15) is 18.4 Å². The van der Waals surface area contributed by atoms with E-state index >= 15 is 0 Å². The highest BCUT2D eigenvalue weighted by Crippen LogP contribution is 2.28. The molecule has 0 saturated carbocycles. The monoisotopic (exact) mass is 273 g/mol. The molecule has 0 spiro atoms. The summed E-state index contributed by atoms with van der Waals surface area (Å²) in [5.74, 6) is -0.418. The molecule has 1 amide bonds. The third-order valence-corrected chi connectivity index (χ3v) is 3.71. The van der Waals surface area contributed by atoms with Crippen LogP contribution in [-0.2, 0) is 9.59 Å². The minimum absolute atomic E-state index is 0.193. The number of carboxylic acid groups (broad SMARTS) is 1. The summed E-state index contributed by atoms with van der Waals surface area (Å²) in [4.78, 5) is 25.0. The highest BCUT2D eigenvalue weighted by molar-refractivity contribution is 6.01. The van der Waals surface area contributed by atoms with E-state index in [1.807, 2.05) is 24.3 Å². The van der Waals surface area contributed by atoms with Gasteiger partial charge in [0.2, 0.25) is 0 Å². The third-order valence-electron chi connectivity index (χ3n) is 3.71. The van der Waals surface area contributed by atoms with E-state index in [4.69, 9.17) is 9.84 Å². The first-order valence-electron chi connectivity index (χ1n) is 6.63. The molecule has 1 N–H and O–H groups in total. The van der Waals surface area contributed by atoms with Gasteiger partial charge in [-0.25, -0.2) is 4.79 Å². The van der Waals surface area contributed by atoms with Gasteiger partial charge < -0.3 is 14.7 Å². The second kappa shape index (κ2) is 5.00.